The molecule has 0 bridgehead atoms. The number of ether oxygens (including phenoxy) is 1. The van der Waals surface area contributed by atoms with E-state index in [0.29, 0.717) is 6.61 Å². The molecule has 0 aromatic carbocycles. The van der Waals surface area contributed by atoms with Crippen LogP contribution in [0.3, 0.4) is 0 Å². The summed E-state index contributed by atoms with van der Waals surface area (Å²) in [5.41, 5.74) is 0. The van der Waals surface area contributed by atoms with Crippen molar-refractivity contribution in [1.82, 2.24) is 9.78 Å². The highest BCUT2D eigenvalue weighted by Gasteiger charge is 1.96. The maximum Gasteiger partial charge on any atom is 0.157 e. The maximum absolute atomic E-state index is 5.35. The lowest BCUT2D eigenvalue weighted by molar-refractivity contribution is 0.344. The highest BCUT2D eigenvalue weighted by atomic mass is 79.9. The molecule has 0 radical (unpaired) electrons. The smallest absolute Gasteiger partial charge is 0.157 e. The van der Waals surface area contributed by atoms with E-state index in [4.69, 9.17) is 4.74 Å². The summed E-state index contributed by atoms with van der Waals surface area (Å²) in [4.78, 5) is 0. The molecule has 0 N–H and O–H groups in total. The Bertz CT molecular complexity index is 225. The first kappa shape index (κ1) is 9.58. The van der Waals surface area contributed by atoms with E-state index >= 15 is 0 Å². The molecule has 0 aliphatic rings. The average molecular weight is 233 g/mol. The van der Waals surface area contributed by atoms with Crippen molar-refractivity contribution >= 4 is 15.9 Å². The van der Waals surface area contributed by atoms with Crippen LogP contribution < -0.4 is 4.74 Å². The molecule has 0 atom stereocenters. The molecule has 12 heavy (non-hydrogen) atoms. The fourth-order valence-corrected chi connectivity index (χ4v) is 1.09. The molecule has 68 valence electrons. The third-order valence-corrected chi connectivity index (χ3v) is 1.73. The molecule has 0 aliphatic carbocycles. The van der Waals surface area contributed by atoms with Gasteiger partial charge in [0.1, 0.15) is 0 Å². The molecular weight excluding hydrogens is 220 g/mol. The number of aryl methyl sites for hydroxylation is 1. The lowest BCUT2D eigenvalue weighted by atomic mass is 10.5. The van der Waals surface area contributed by atoms with Crippen molar-refractivity contribution in [2.45, 2.75) is 19.9 Å². The van der Waals surface area contributed by atoms with Crippen molar-refractivity contribution in [2.24, 2.45) is 0 Å². The molecule has 0 unspecified atom stereocenters. The van der Waals surface area contributed by atoms with Crippen LogP contribution in [0.1, 0.15) is 13.3 Å². The number of rotatable bonds is 5. The van der Waals surface area contributed by atoms with E-state index in [0.717, 1.165) is 24.0 Å². The van der Waals surface area contributed by atoms with Gasteiger partial charge in [-0.05, 0) is 6.42 Å². The van der Waals surface area contributed by atoms with E-state index in [1.807, 2.05) is 10.9 Å². The first-order valence-corrected chi connectivity index (χ1v) is 5.20. The van der Waals surface area contributed by atoms with Gasteiger partial charge < -0.3 is 4.74 Å². The van der Waals surface area contributed by atoms with Gasteiger partial charge in [-0.2, -0.15) is 5.10 Å². The van der Waals surface area contributed by atoms with Gasteiger partial charge in [0.2, 0.25) is 0 Å². The number of alkyl halides is 1. The van der Waals surface area contributed by atoms with Gasteiger partial charge in [0.15, 0.2) is 5.75 Å². The minimum atomic E-state index is 0.692. The Morgan fingerprint density at radius 2 is 2.50 bits per heavy atom. The SMILES string of the molecule is CCCn1cc(OCCBr)cn1. The minimum Gasteiger partial charge on any atom is -0.489 e. The standard InChI is InChI=1S/C8H13BrN2O/c1-2-4-11-7-8(6-10-11)12-5-3-9/h6-7H,2-5H2,1H3. The fraction of sp³-hybridized carbons (Fsp3) is 0.625. The van der Waals surface area contributed by atoms with Crippen LogP contribution in [0.5, 0.6) is 5.75 Å². The van der Waals surface area contributed by atoms with Crippen LogP contribution in [0.15, 0.2) is 12.4 Å². The Kier molecular flexibility index (Phi) is 4.14. The van der Waals surface area contributed by atoms with Crippen molar-refractivity contribution in [3.8, 4) is 5.75 Å². The van der Waals surface area contributed by atoms with Crippen molar-refractivity contribution in [3.63, 3.8) is 0 Å². The topological polar surface area (TPSA) is 27.1 Å². The van der Waals surface area contributed by atoms with Gasteiger partial charge in [-0.1, -0.05) is 22.9 Å². The van der Waals surface area contributed by atoms with Gasteiger partial charge in [-0.25, -0.2) is 0 Å². The van der Waals surface area contributed by atoms with E-state index in [9.17, 15) is 0 Å². The highest BCUT2D eigenvalue weighted by molar-refractivity contribution is 9.09. The van der Waals surface area contributed by atoms with Gasteiger partial charge in [-0.3, -0.25) is 4.68 Å². The minimum absolute atomic E-state index is 0.692. The summed E-state index contributed by atoms with van der Waals surface area (Å²) in [5, 5.41) is 4.99. The molecule has 0 fully saturated rings. The Morgan fingerprint density at radius 3 is 3.17 bits per heavy atom. The van der Waals surface area contributed by atoms with Gasteiger partial charge in [-0.15, -0.1) is 0 Å². The second kappa shape index (κ2) is 5.19. The summed E-state index contributed by atoms with van der Waals surface area (Å²) in [7, 11) is 0. The third-order valence-electron chi connectivity index (χ3n) is 1.41. The molecular formula is C8H13BrN2O. The zero-order valence-electron chi connectivity index (χ0n) is 7.16. The Labute approximate surface area is 80.8 Å². The van der Waals surface area contributed by atoms with Crippen LogP contribution in [-0.2, 0) is 6.54 Å². The average Bonchev–Trinajstić information content (AvgIpc) is 2.50. The Hall–Kier alpha value is -0.510. The fourth-order valence-electron chi connectivity index (χ4n) is 0.927. The van der Waals surface area contributed by atoms with Crippen LogP contribution in [0.2, 0.25) is 0 Å². The Balaban J connectivity index is 2.41. The summed E-state index contributed by atoms with van der Waals surface area (Å²) in [6, 6.07) is 0. The first-order chi connectivity index (χ1) is 5.86. The van der Waals surface area contributed by atoms with E-state index in [-0.39, 0.29) is 0 Å². The van der Waals surface area contributed by atoms with Gasteiger partial charge >= 0.3 is 0 Å². The second-order valence-corrected chi connectivity index (χ2v) is 3.27. The quantitative estimate of drug-likeness (QED) is 0.728. The lowest BCUT2D eigenvalue weighted by Gasteiger charge is -1.98. The van der Waals surface area contributed by atoms with Crippen LogP contribution in [0.4, 0.5) is 0 Å². The van der Waals surface area contributed by atoms with Gasteiger partial charge in [0, 0.05) is 11.9 Å². The maximum atomic E-state index is 5.35. The van der Waals surface area contributed by atoms with Crippen LogP contribution in [0, 0.1) is 0 Å². The van der Waals surface area contributed by atoms with Gasteiger partial charge in [0.25, 0.3) is 0 Å². The molecule has 1 aromatic heterocycles. The summed E-state index contributed by atoms with van der Waals surface area (Å²) in [6.07, 6.45) is 4.77. The monoisotopic (exact) mass is 232 g/mol. The summed E-state index contributed by atoms with van der Waals surface area (Å²) >= 11 is 3.29. The van der Waals surface area contributed by atoms with Crippen molar-refractivity contribution in [3.05, 3.63) is 12.4 Å². The predicted molar refractivity (Wildman–Crippen MR) is 51.8 cm³/mol. The molecule has 0 saturated heterocycles. The molecule has 0 saturated carbocycles. The molecule has 0 aliphatic heterocycles. The molecule has 0 amide bonds. The molecule has 3 nitrogen and oxygen atoms in total. The van der Waals surface area contributed by atoms with Crippen LogP contribution in [0.25, 0.3) is 0 Å². The largest absolute Gasteiger partial charge is 0.489 e. The Morgan fingerprint density at radius 1 is 1.67 bits per heavy atom. The lowest BCUT2D eigenvalue weighted by Crippen LogP contribution is -1.97. The molecule has 1 heterocycles. The number of aromatic nitrogens is 2. The second-order valence-electron chi connectivity index (χ2n) is 2.48. The summed E-state index contributed by atoms with van der Waals surface area (Å²) < 4.78 is 7.24. The van der Waals surface area contributed by atoms with Crippen molar-refractivity contribution in [2.75, 3.05) is 11.9 Å². The summed E-state index contributed by atoms with van der Waals surface area (Å²) in [6.45, 7) is 3.77. The third kappa shape index (κ3) is 2.85. The van der Waals surface area contributed by atoms with Crippen molar-refractivity contribution in [1.29, 1.82) is 0 Å². The molecule has 0 spiro atoms. The number of halogens is 1. The number of nitrogens with zero attached hydrogens (tertiary/aromatic N) is 2. The van der Waals surface area contributed by atoms with E-state index in [1.165, 1.54) is 0 Å². The molecule has 1 rings (SSSR count). The van der Waals surface area contributed by atoms with Gasteiger partial charge in [0.05, 0.1) is 19.0 Å². The van der Waals surface area contributed by atoms with Crippen LogP contribution >= 0.6 is 15.9 Å². The number of hydrogen-bond acceptors (Lipinski definition) is 2. The summed E-state index contributed by atoms with van der Waals surface area (Å²) in [5.74, 6) is 0.850. The zero-order valence-corrected chi connectivity index (χ0v) is 8.75. The molecule has 4 heteroatoms. The van der Waals surface area contributed by atoms with E-state index in [2.05, 4.69) is 28.0 Å². The number of hydrogen-bond donors (Lipinski definition) is 0. The van der Waals surface area contributed by atoms with E-state index < -0.39 is 0 Å². The highest BCUT2D eigenvalue weighted by Crippen LogP contribution is 2.08. The molecule has 1 aromatic rings. The zero-order chi connectivity index (χ0) is 8.81. The first-order valence-electron chi connectivity index (χ1n) is 4.08. The van der Waals surface area contributed by atoms with E-state index in [1.54, 1.807) is 6.20 Å². The predicted octanol–water partition coefficient (Wildman–Crippen LogP) is 2.07. The normalized spacial score (nSPS) is 10.2. The van der Waals surface area contributed by atoms with Crippen molar-refractivity contribution < 1.29 is 4.74 Å². The van der Waals surface area contributed by atoms with Crippen LogP contribution in [-0.4, -0.2) is 21.7 Å².